The molecule has 28 heavy (non-hydrogen) atoms. The van der Waals surface area contributed by atoms with Crippen LogP contribution in [-0.2, 0) is 12.2 Å². The number of para-hydroxylation sites is 1. The summed E-state index contributed by atoms with van der Waals surface area (Å²) in [5.74, 6) is 3.02. The molecule has 0 bridgehead atoms. The Hall–Kier alpha value is -2.93. The maximum absolute atomic E-state index is 5.36. The minimum Gasteiger partial charge on any atom is -0.338 e. The van der Waals surface area contributed by atoms with E-state index in [0.29, 0.717) is 18.1 Å². The van der Waals surface area contributed by atoms with Crippen molar-refractivity contribution in [3.05, 3.63) is 83.8 Å². The summed E-state index contributed by atoms with van der Waals surface area (Å²) >= 11 is 1.54. The highest BCUT2D eigenvalue weighted by atomic mass is 32.2. The van der Waals surface area contributed by atoms with Gasteiger partial charge in [-0.05, 0) is 17.7 Å². The Bertz CT molecular complexity index is 1030. The van der Waals surface area contributed by atoms with Crippen LogP contribution in [0.15, 0.2) is 70.3 Å². The van der Waals surface area contributed by atoms with Crippen LogP contribution >= 0.6 is 11.8 Å². The Morgan fingerprint density at radius 3 is 2.36 bits per heavy atom. The lowest BCUT2D eigenvalue weighted by atomic mass is 10.1. The van der Waals surface area contributed by atoms with Crippen molar-refractivity contribution in [2.75, 3.05) is 0 Å². The van der Waals surface area contributed by atoms with Crippen LogP contribution in [0.2, 0.25) is 0 Å². The third-order valence-corrected chi connectivity index (χ3v) is 5.16. The summed E-state index contributed by atoms with van der Waals surface area (Å²) < 4.78 is 7.45. The van der Waals surface area contributed by atoms with Gasteiger partial charge in [0, 0.05) is 18.0 Å². The van der Waals surface area contributed by atoms with E-state index in [1.54, 1.807) is 11.8 Å². The molecule has 0 atom stereocenters. The van der Waals surface area contributed by atoms with Gasteiger partial charge in [0.2, 0.25) is 5.89 Å². The van der Waals surface area contributed by atoms with Crippen molar-refractivity contribution < 1.29 is 4.52 Å². The van der Waals surface area contributed by atoms with Gasteiger partial charge in [0.15, 0.2) is 11.0 Å². The smallest absolute Gasteiger partial charge is 0.237 e. The van der Waals surface area contributed by atoms with Gasteiger partial charge in [-0.15, -0.1) is 10.2 Å². The second-order valence-electron chi connectivity index (χ2n) is 6.72. The van der Waals surface area contributed by atoms with E-state index in [2.05, 4.69) is 49.2 Å². The lowest BCUT2D eigenvalue weighted by Crippen LogP contribution is -2.03. The van der Waals surface area contributed by atoms with Crippen LogP contribution < -0.4 is 0 Å². The number of aromatic nitrogens is 5. The molecule has 7 heteroatoms. The van der Waals surface area contributed by atoms with Crippen LogP contribution in [0, 0.1) is 0 Å². The molecule has 0 fully saturated rings. The Morgan fingerprint density at radius 1 is 0.964 bits per heavy atom. The molecule has 0 spiro atoms. The molecule has 0 saturated carbocycles. The second kappa shape index (κ2) is 8.39. The fourth-order valence-electron chi connectivity index (χ4n) is 2.81. The first-order chi connectivity index (χ1) is 13.7. The Labute approximate surface area is 168 Å². The fourth-order valence-corrected chi connectivity index (χ4v) is 3.62. The monoisotopic (exact) mass is 391 g/mol. The minimum absolute atomic E-state index is 0.243. The highest BCUT2D eigenvalue weighted by molar-refractivity contribution is 7.98. The third-order valence-electron chi connectivity index (χ3n) is 4.24. The van der Waals surface area contributed by atoms with Gasteiger partial charge in [-0.1, -0.05) is 79.3 Å². The summed E-state index contributed by atoms with van der Waals surface area (Å²) in [6, 6.07) is 20.5. The van der Waals surface area contributed by atoms with Gasteiger partial charge in [0.05, 0.1) is 5.75 Å². The summed E-state index contributed by atoms with van der Waals surface area (Å²) in [4.78, 5) is 4.45. The molecular formula is C21H21N5OS. The third kappa shape index (κ3) is 4.14. The summed E-state index contributed by atoms with van der Waals surface area (Å²) in [5.41, 5.74) is 2.23. The maximum Gasteiger partial charge on any atom is 0.237 e. The molecule has 0 amide bonds. The second-order valence-corrected chi connectivity index (χ2v) is 7.66. The predicted octanol–water partition coefficient (Wildman–Crippen LogP) is 4.66. The lowest BCUT2D eigenvalue weighted by molar-refractivity contribution is 0.382. The Balaban J connectivity index is 1.61. The van der Waals surface area contributed by atoms with E-state index in [4.69, 9.17) is 4.52 Å². The zero-order valence-electron chi connectivity index (χ0n) is 15.8. The molecule has 2 aromatic heterocycles. The van der Waals surface area contributed by atoms with Crippen LogP contribution in [0.4, 0.5) is 0 Å². The van der Waals surface area contributed by atoms with Gasteiger partial charge in [-0.2, -0.15) is 4.98 Å². The average Bonchev–Trinajstić information content (AvgIpc) is 3.35. The molecule has 0 unspecified atom stereocenters. The molecule has 0 aliphatic heterocycles. The Kier molecular flexibility index (Phi) is 5.53. The van der Waals surface area contributed by atoms with Gasteiger partial charge in [-0.3, -0.25) is 4.57 Å². The van der Waals surface area contributed by atoms with E-state index in [1.165, 1.54) is 5.56 Å². The van der Waals surface area contributed by atoms with Crippen molar-refractivity contribution in [3.63, 3.8) is 0 Å². The van der Waals surface area contributed by atoms with Crippen molar-refractivity contribution in [2.45, 2.75) is 37.1 Å². The first-order valence-electron chi connectivity index (χ1n) is 9.19. The molecule has 0 aliphatic rings. The van der Waals surface area contributed by atoms with Crippen LogP contribution in [0.1, 0.15) is 42.9 Å². The zero-order valence-corrected chi connectivity index (χ0v) is 16.6. The topological polar surface area (TPSA) is 69.6 Å². The van der Waals surface area contributed by atoms with Crippen molar-refractivity contribution in [1.82, 2.24) is 24.9 Å². The number of benzene rings is 2. The summed E-state index contributed by atoms with van der Waals surface area (Å²) in [6.07, 6.45) is 0.710. The van der Waals surface area contributed by atoms with Gasteiger partial charge >= 0.3 is 0 Å². The number of thioether (sulfide) groups is 1. The van der Waals surface area contributed by atoms with Crippen molar-refractivity contribution >= 4 is 11.8 Å². The SMILES string of the molecule is CC(C)c1noc(CSc2nnc(Cc3ccccc3)n2-c2ccccc2)n1. The first-order valence-corrected chi connectivity index (χ1v) is 10.2. The predicted molar refractivity (Wildman–Crippen MR) is 109 cm³/mol. The number of nitrogens with zero attached hydrogens (tertiary/aromatic N) is 5. The van der Waals surface area contributed by atoms with E-state index in [0.717, 1.165) is 22.5 Å². The molecule has 6 nitrogen and oxygen atoms in total. The molecule has 4 rings (SSSR count). The summed E-state index contributed by atoms with van der Waals surface area (Å²) in [6.45, 7) is 4.09. The molecule has 2 heterocycles. The van der Waals surface area contributed by atoms with Gasteiger partial charge in [0.1, 0.15) is 5.82 Å². The largest absolute Gasteiger partial charge is 0.338 e. The van der Waals surface area contributed by atoms with Crippen molar-refractivity contribution in [1.29, 1.82) is 0 Å². The van der Waals surface area contributed by atoms with Gasteiger partial charge in [-0.25, -0.2) is 0 Å². The van der Waals surface area contributed by atoms with Gasteiger partial charge < -0.3 is 4.52 Å². The van der Waals surface area contributed by atoms with Crippen LogP contribution in [0.3, 0.4) is 0 Å². The van der Waals surface area contributed by atoms with E-state index < -0.39 is 0 Å². The summed E-state index contributed by atoms with van der Waals surface area (Å²) in [7, 11) is 0. The van der Waals surface area contributed by atoms with E-state index in [1.807, 2.05) is 50.2 Å². The normalized spacial score (nSPS) is 11.2. The van der Waals surface area contributed by atoms with Gasteiger partial charge in [0.25, 0.3) is 0 Å². The first kappa shape index (κ1) is 18.4. The molecule has 0 saturated heterocycles. The molecule has 142 valence electrons. The standard InChI is InChI=1S/C21H21N5OS/c1-15(2)20-22-19(27-25-20)14-28-21-24-23-18(13-16-9-5-3-6-10-16)26(21)17-11-7-4-8-12-17/h3-12,15H,13-14H2,1-2H3. The van der Waals surface area contributed by atoms with Crippen molar-refractivity contribution in [2.24, 2.45) is 0 Å². The molecular weight excluding hydrogens is 370 g/mol. The maximum atomic E-state index is 5.36. The molecule has 2 aromatic carbocycles. The number of rotatable bonds is 7. The fraction of sp³-hybridized carbons (Fsp3) is 0.238. The van der Waals surface area contributed by atoms with E-state index in [9.17, 15) is 0 Å². The molecule has 0 radical (unpaired) electrons. The van der Waals surface area contributed by atoms with E-state index in [-0.39, 0.29) is 5.92 Å². The highest BCUT2D eigenvalue weighted by Crippen LogP contribution is 2.26. The molecule has 0 N–H and O–H groups in total. The zero-order chi connectivity index (χ0) is 19.3. The molecule has 0 aliphatic carbocycles. The number of hydrogen-bond donors (Lipinski definition) is 0. The average molecular weight is 392 g/mol. The Morgan fingerprint density at radius 2 is 1.68 bits per heavy atom. The quantitative estimate of drug-likeness (QED) is 0.427. The summed E-state index contributed by atoms with van der Waals surface area (Å²) in [5, 5.41) is 13.7. The highest BCUT2D eigenvalue weighted by Gasteiger charge is 2.17. The van der Waals surface area contributed by atoms with Crippen molar-refractivity contribution in [3.8, 4) is 5.69 Å². The lowest BCUT2D eigenvalue weighted by Gasteiger charge is -2.09. The van der Waals surface area contributed by atoms with E-state index >= 15 is 0 Å². The van der Waals surface area contributed by atoms with Crippen LogP contribution in [0.25, 0.3) is 5.69 Å². The number of hydrogen-bond acceptors (Lipinski definition) is 6. The van der Waals surface area contributed by atoms with Crippen LogP contribution in [0.5, 0.6) is 0 Å². The minimum atomic E-state index is 0.243. The molecule has 4 aromatic rings. The van der Waals surface area contributed by atoms with Crippen LogP contribution in [-0.4, -0.2) is 24.9 Å².